The van der Waals surface area contributed by atoms with Gasteiger partial charge in [-0.2, -0.15) is 0 Å². The van der Waals surface area contributed by atoms with Crippen LogP contribution in [0, 0.1) is 36.8 Å². The Kier molecular flexibility index (Phi) is 8.38. The molecule has 41 heavy (non-hydrogen) atoms. The average Bonchev–Trinajstić information content (AvgIpc) is 3.13. The van der Waals surface area contributed by atoms with Crippen LogP contribution >= 0.6 is 0 Å². The van der Waals surface area contributed by atoms with Crippen molar-refractivity contribution in [2.75, 3.05) is 20.1 Å². The van der Waals surface area contributed by atoms with E-state index in [1.165, 1.54) is 11.0 Å². The number of hydrogen-bond donors (Lipinski definition) is 2. The molecule has 218 valence electrons. The molecule has 0 radical (unpaired) electrons. The molecule has 2 amide bonds. The van der Waals surface area contributed by atoms with Crippen molar-refractivity contribution in [2.24, 2.45) is 11.3 Å². The summed E-state index contributed by atoms with van der Waals surface area (Å²) in [7, 11) is 1.88. The smallest absolute Gasteiger partial charge is 0.305 e. The molecule has 1 saturated heterocycles. The number of aryl methyl sites for hydroxylation is 2. The van der Waals surface area contributed by atoms with Gasteiger partial charge in [0.25, 0.3) is 5.91 Å². The first-order chi connectivity index (χ1) is 19.2. The van der Waals surface area contributed by atoms with Gasteiger partial charge in [-0.25, -0.2) is 8.78 Å². The minimum absolute atomic E-state index is 0.262. The summed E-state index contributed by atoms with van der Waals surface area (Å²) in [6.45, 7) is 10.3. The van der Waals surface area contributed by atoms with E-state index in [1.807, 2.05) is 64.8 Å². The van der Waals surface area contributed by atoms with E-state index in [-0.39, 0.29) is 17.4 Å². The predicted molar refractivity (Wildman–Crippen MR) is 153 cm³/mol. The quantitative estimate of drug-likeness (QED) is 0.485. The summed E-state index contributed by atoms with van der Waals surface area (Å²) in [5, 5.41) is 12.4. The van der Waals surface area contributed by atoms with Crippen molar-refractivity contribution in [1.82, 2.24) is 15.1 Å². The van der Waals surface area contributed by atoms with Crippen molar-refractivity contribution >= 4 is 17.8 Å². The first-order valence-electron chi connectivity index (χ1n) is 13.7. The second-order valence-electron chi connectivity index (χ2n) is 11.9. The Morgan fingerprint density at radius 2 is 1.80 bits per heavy atom. The number of nitrogens with zero attached hydrogens (tertiary/aromatic N) is 2. The number of rotatable bonds is 7. The Balaban J connectivity index is 1.72. The van der Waals surface area contributed by atoms with Crippen LogP contribution in [0.2, 0.25) is 0 Å². The minimum Gasteiger partial charge on any atom is -0.481 e. The van der Waals surface area contributed by atoms with Gasteiger partial charge in [0.05, 0.1) is 12.5 Å². The standard InChI is InChI=1S/C32H37F2N3O4/c1-18-8-7-9-19(2)27(18)22-14-23(28(34)24(33)15-22)25(16-26(38)39)35-30(40)29-20(3)32(4,5)17-37(29)31(41)21-10-12-36(6)13-11-21/h7-12,14-15,20,25,29H,13,16-17H2,1-6H3,(H,35,40)(H,38,39)/t20-,25-,29-/m0/s1. The summed E-state index contributed by atoms with van der Waals surface area (Å²) >= 11 is 0. The van der Waals surface area contributed by atoms with E-state index in [2.05, 4.69) is 5.32 Å². The third kappa shape index (κ3) is 6.04. The van der Waals surface area contributed by atoms with E-state index >= 15 is 4.39 Å². The molecule has 7 nitrogen and oxygen atoms in total. The highest BCUT2D eigenvalue weighted by Crippen LogP contribution is 2.41. The molecule has 3 atom stereocenters. The Morgan fingerprint density at radius 1 is 1.15 bits per heavy atom. The Morgan fingerprint density at radius 3 is 2.39 bits per heavy atom. The molecule has 0 aromatic heterocycles. The van der Waals surface area contributed by atoms with E-state index in [0.29, 0.717) is 29.8 Å². The molecule has 2 aromatic rings. The number of carbonyl (C=O) groups is 3. The second-order valence-corrected chi connectivity index (χ2v) is 11.9. The molecule has 2 aliphatic heterocycles. The van der Waals surface area contributed by atoms with E-state index < -0.39 is 47.4 Å². The largest absolute Gasteiger partial charge is 0.481 e. The molecule has 0 aliphatic carbocycles. The lowest BCUT2D eigenvalue weighted by Crippen LogP contribution is -2.49. The monoisotopic (exact) mass is 565 g/mol. The maximum absolute atomic E-state index is 15.3. The number of likely N-dealkylation sites (N-methyl/N-ethyl adjacent to an activating group) is 1. The van der Waals surface area contributed by atoms with E-state index in [0.717, 1.165) is 17.2 Å². The summed E-state index contributed by atoms with van der Waals surface area (Å²) in [6.07, 6.45) is 4.60. The van der Waals surface area contributed by atoms with Gasteiger partial charge >= 0.3 is 5.97 Å². The van der Waals surface area contributed by atoms with Gasteiger partial charge in [0.15, 0.2) is 11.6 Å². The highest BCUT2D eigenvalue weighted by atomic mass is 19.2. The maximum Gasteiger partial charge on any atom is 0.305 e. The number of nitrogens with one attached hydrogen (secondary N) is 1. The van der Waals surface area contributed by atoms with Crippen LogP contribution in [0.15, 0.2) is 54.3 Å². The number of aliphatic carboxylic acids is 1. The predicted octanol–water partition coefficient (Wildman–Crippen LogP) is 5.14. The van der Waals surface area contributed by atoms with E-state index in [1.54, 1.807) is 18.4 Å². The Labute approximate surface area is 239 Å². The van der Waals surface area contributed by atoms with Gasteiger partial charge in [0.1, 0.15) is 6.04 Å². The van der Waals surface area contributed by atoms with Crippen LogP contribution in [0.3, 0.4) is 0 Å². The fraction of sp³-hybridized carbons (Fsp3) is 0.406. The molecule has 2 N–H and O–H groups in total. The molecular formula is C32H37F2N3O4. The van der Waals surface area contributed by atoms with Crippen LogP contribution in [0.5, 0.6) is 0 Å². The zero-order valence-electron chi connectivity index (χ0n) is 24.3. The van der Waals surface area contributed by atoms with Gasteiger partial charge in [0.2, 0.25) is 5.91 Å². The third-order valence-corrected chi connectivity index (χ3v) is 8.40. The summed E-state index contributed by atoms with van der Waals surface area (Å²) in [4.78, 5) is 42.7. The van der Waals surface area contributed by atoms with Crippen LogP contribution < -0.4 is 5.32 Å². The van der Waals surface area contributed by atoms with Crippen molar-refractivity contribution < 1.29 is 28.3 Å². The van der Waals surface area contributed by atoms with Crippen molar-refractivity contribution in [2.45, 2.75) is 53.1 Å². The van der Waals surface area contributed by atoms with Crippen molar-refractivity contribution in [3.05, 3.63) is 82.6 Å². The fourth-order valence-corrected chi connectivity index (χ4v) is 5.80. The van der Waals surface area contributed by atoms with E-state index in [4.69, 9.17) is 0 Å². The summed E-state index contributed by atoms with van der Waals surface area (Å²) in [5.74, 6) is -4.87. The van der Waals surface area contributed by atoms with Crippen LogP contribution in [0.4, 0.5) is 8.78 Å². The number of halogens is 2. The van der Waals surface area contributed by atoms with Crippen LogP contribution in [-0.4, -0.2) is 58.9 Å². The first-order valence-corrected chi connectivity index (χ1v) is 13.7. The van der Waals surface area contributed by atoms with Crippen molar-refractivity contribution in [1.29, 1.82) is 0 Å². The highest BCUT2D eigenvalue weighted by molar-refractivity contribution is 6.00. The van der Waals surface area contributed by atoms with E-state index in [9.17, 15) is 23.9 Å². The number of carbonyl (C=O) groups excluding carboxylic acids is 2. The second kappa shape index (κ2) is 11.5. The highest BCUT2D eigenvalue weighted by Gasteiger charge is 2.50. The Bertz CT molecular complexity index is 1430. The first kappa shape index (κ1) is 30.0. The molecular weight excluding hydrogens is 528 g/mol. The molecule has 0 unspecified atom stereocenters. The number of amides is 2. The van der Waals surface area contributed by atoms with Gasteiger partial charge in [0, 0.05) is 31.3 Å². The molecule has 0 bridgehead atoms. The number of hydrogen-bond acceptors (Lipinski definition) is 4. The lowest BCUT2D eigenvalue weighted by molar-refractivity contribution is -0.139. The normalized spacial score (nSPS) is 20.5. The Hall–Kier alpha value is -4.01. The van der Waals surface area contributed by atoms with Crippen LogP contribution in [0.25, 0.3) is 11.1 Å². The summed E-state index contributed by atoms with van der Waals surface area (Å²) in [5.41, 5.74) is 2.55. The lowest BCUT2D eigenvalue weighted by Gasteiger charge is -2.30. The minimum atomic E-state index is -1.37. The van der Waals surface area contributed by atoms with Gasteiger partial charge in [-0.15, -0.1) is 0 Å². The van der Waals surface area contributed by atoms with Gasteiger partial charge in [-0.05, 0) is 71.8 Å². The summed E-state index contributed by atoms with van der Waals surface area (Å²) < 4.78 is 30.3. The number of carboxylic acid groups (broad SMARTS) is 1. The number of carboxylic acids is 1. The molecule has 9 heteroatoms. The molecule has 0 saturated carbocycles. The maximum atomic E-state index is 15.3. The summed E-state index contributed by atoms with van der Waals surface area (Å²) in [6, 6.07) is 5.75. The van der Waals surface area contributed by atoms with Crippen LogP contribution in [-0.2, 0) is 14.4 Å². The van der Waals surface area contributed by atoms with Gasteiger partial charge in [-0.1, -0.05) is 45.0 Å². The zero-order chi connectivity index (χ0) is 30.2. The molecule has 1 fully saturated rings. The number of benzene rings is 2. The van der Waals surface area contributed by atoms with Crippen molar-refractivity contribution in [3.8, 4) is 11.1 Å². The topological polar surface area (TPSA) is 90.0 Å². The average molecular weight is 566 g/mol. The molecule has 0 spiro atoms. The number of likely N-dealkylation sites (tertiary alicyclic amines) is 1. The van der Waals surface area contributed by atoms with Crippen LogP contribution in [0.1, 0.15) is 49.9 Å². The SMILES string of the molecule is Cc1cccc(C)c1-c1cc(F)c(F)c([C@H](CC(=O)O)NC(=O)[C@@H]2[C@H](C)C(C)(C)CN2C(=O)C2=CCN(C)C=C2)c1. The zero-order valence-corrected chi connectivity index (χ0v) is 24.3. The third-order valence-electron chi connectivity index (χ3n) is 8.40. The fourth-order valence-electron chi connectivity index (χ4n) is 5.80. The lowest BCUT2D eigenvalue weighted by atomic mass is 9.80. The molecule has 2 heterocycles. The molecule has 2 aromatic carbocycles. The van der Waals surface area contributed by atoms with Crippen molar-refractivity contribution in [3.63, 3.8) is 0 Å². The van der Waals surface area contributed by atoms with Gasteiger partial charge < -0.3 is 20.2 Å². The van der Waals surface area contributed by atoms with Gasteiger partial charge in [-0.3, -0.25) is 14.4 Å². The molecule has 2 aliphatic rings. The molecule has 4 rings (SSSR count).